The molecule has 0 nitrogen and oxygen atoms in total. The van der Waals surface area contributed by atoms with Crippen LogP contribution in [0.2, 0.25) is 0 Å². The van der Waals surface area contributed by atoms with Crippen LogP contribution >= 0.6 is 15.9 Å². The van der Waals surface area contributed by atoms with E-state index in [0.717, 1.165) is 0 Å². The summed E-state index contributed by atoms with van der Waals surface area (Å²) < 4.78 is 61.8. The predicted octanol–water partition coefficient (Wildman–Crippen LogP) is 3.88. The first-order chi connectivity index (χ1) is 6.36. The summed E-state index contributed by atoms with van der Waals surface area (Å²) in [5.41, 5.74) is -1.73. The van der Waals surface area contributed by atoms with E-state index in [1.807, 2.05) is 0 Å². The first-order valence-corrected chi connectivity index (χ1v) is 4.59. The maximum absolute atomic E-state index is 12.8. The molecule has 0 bridgehead atoms. The minimum Gasteiger partial charge on any atom is -0.206 e. The van der Waals surface area contributed by atoms with Crippen LogP contribution in [-0.4, -0.2) is 0 Å². The Kier molecular flexibility index (Phi) is 3.14. The summed E-state index contributed by atoms with van der Waals surface area (Å²) >= 11 is 2.89. The van der Waals surface area contributed by atoms with Gasteiger partial charge in [0.15, 0.2) is 0 Å². The summed E-state index contributed by atoms with van der Waals surface area (Å²) in [6.07, 6.45) is -5.00. The third-order valence-corrected chi connectivity index (χ3v) is 2.19. The number of alkyl halides is 4. The molecule has 78 valence electrons. The molecule has 0 unspecified atom stereocenters. The fraction of sp³-hybridized carbons (Fsp3) is 0.250. The molecule has 1 aromatic carbocycles. The molecule has 0 aliphatic carbocycles. The highest BCUT2D eigenvalue weighted by molar-refractivity contribution is 9.08. The minimum absolute atomic E-state index is 0.0962. The van der Waals surface area contributed by atoms with E-state index in [0.29, 0.717) is 12.1 Å². The number of rotatable bonds is 1. The standard InChI is InChI=1S/C8H4BrF5/c9-3-4-1-5(10)7(6(11)2-4)8(12,13)14/h1-2H,3H2. The number of benzene rings is 1. The summed E-state index contributed by atoms with van der Waals surface area (Å²) in [5.74, 6) is -3.18. The van der Waals surface area contributed by atoms with Crippen LogP contribution in [0.15, 0.2) is 12.1 Å². The van der Waals surface area contributed by atoms with E-state index in [1.54, 1.807) is 0 Å². The highest BCUT2D eigenvalue weighted by Gasteiger charge is 2.37. The molecule has 0 saturated heterocycles. The molecule has 0 aliphatic rings. The van der Waals surface area contributed by atoms with Crippen molar-refractivity contribution in [2.45, 2.75) is 11.5 Å². The highest BCUT2D eigenvalue weighted by Crippen LogP contribution is 2.34. The topological polar surface area (TPSA) is 0 Å². The Morgan fingerprint density at radius 1 is 1.07 bits per heavy atom. The molecule has 0 N–H and O–H groups in total. The van der Waals surface area contributed by atoms with Crippen molar-refractivity contribution in [2.24, 2.45) is 0 Å². The van der Waals surface area contributed by atoms with Gasteiger partial charge in [-0.25, -0.2) is 8.78 Å². The van der Waals surface area contributed by atoms with Gasteiger partial charge in [-0.2, -0.15) is 13.2 Å². The first-order valence-electron chi connectivity index (χ1n) is 3.47. The SMILES string of the molecule is Fc1cc(CBr)cc(F)c1C(F)(F)F. The Bertz CT molecular complexity index is 321. The van der Waals surface area contributed by atoms with Crippen LogP contribution in [0.5, 0.6) is 0 Å². The molecule has 14 heavy (non-hydrogen) atoms. The second-order valence-corrected chi connectivity index (χ2v) is 3.13. The lowest BCUT2D eigenvalue weighted by Crippen LogP contribution is -2.11. The van der Waals surface area contributed by atoms with Crippen LogP contribution in [0.4, 0.5) is 22.0 Å². The van der Waals surface area contributed by atoms with Gasteiger partial charge in [-0.05, 0) is 17.7 Å². The van der Waals surface area contributed by atoms with E-state index in [-0.39, 0.29) is 10.9 Å². The average molecular weight is 275 g/mol. The molecule has 0 atom stereocenters. The van der Waals surface area contributed by atoms with Crippen molar-refractivity contribution in [1.29, 1.82) is 0 Å². The van der Waals surface area contributed by atoms with E-state index in [2.05, 4.69) is 15.9 Å². The van der Waals surface area contributed by atoms with Gasteiger partial charge in [-0.3, -0.25) is 0 Å². The molecule has 0 spiro atoms. The zero-order valence-electron chi connectivity index (χ0n) is 6.63. The largest absolute Gasteiger partial charge is 0.422 e. The van der Waals surface area contributed by atoms with Crippen LogP contribution < -0.4 is 0 Å². The van der Waals surface area contributed by atoms with Gasteiger partial charge in [-0.15, -0.1) is 0 Å². The van der Waals surface area contributed by atoms with Gasteiger partial charge in [-0.1, -0.05) is 15.9 Å². The molecule has 0 fully saturated rings. The Morgan fingerprint density at radius 2 is 1.50 bits per heavy atom. The number of halogens is 6. The predicted molar refractivity (Wildman–Crippen MR) is 44.0 cm³/mol. The molecule has 0 heterocycles. The van der Waals surface area contributed by atoms with Gasteiger partial charge in [0.05, 0.1) is 0 Å². The fourth-order valence-corrected chi connectivity index (χ4v) is 1.30. The molecule has 0 aliphatic heterocycles. The van der Waals surface area contributed by atoms with Gasteiger partial charge in [0.2, 0.25) is 0 Å². The van der Waals surface area contributed by atoms with E-state index < -0.39 is 23.4 Å². The van der Waals surface area contributed by atoms with Gasteiger partial charge in [0.25, 0.3) is 0 Å². The zero-order valence-corrected chi connectivity index (χ0v) is 8.22. The highest BCUT2D eigenvalue weighted by atomic mass is 79.9. The summed E-state index contributed by atoms with van der Waals surface area (Å²) in [6.45, 7) is 0. The molecule has 0 amide bonds. The molecule has 0 saturated carbocycles. The normalized spacial score (nSPS) is 11.9. The molecule has 1 rings (SSSR count). The first kappa shape index (κ1) is 11.4. The number of hydrogen-bond acceptors (Lipinski definition) is 0. The Hall–Kier alpha value is -0.650. The van der Waals surface area contributed by atoms with Crippen LogP contribution in [0.3, 0.4) is 0 Å². The van der Waals surface area contributed by atoms with Crippen molar-refractivity contribution in [3.63, 3.8) is 0 Å². The van der Waals surface area contributed by atoms with E-state index >= 15 is 0 Å². The Labute approximate surface area is 84.9 Å². The lowest BCUT2D eigenvalue weighted by atomic mass is 10.1. The third-order valence-electron chi connectivity index (χ3n) is 1.54. The van der Waals surface area contributed by atoms with Crippen LogP contribution in [0.1, 0.15) is 11.1 Å². The second kappa shape index (κ2) is 3.84. The van der Waals surface area contributed by atoms with Crippen molar-refractivity contribution < 1.29 is 22.0 Å². The molecular formula is C8H4BrF5. The van der Waals surface area contributed by atoms with Gasteiger partial charge >= 0.3 is 6.18 Å². The zero-order chi connectivity index (χ0) is 10.9. The summed E-state index contributed by atoms with van der Waals surface area (Å²) in [5, 5.41) is 0.0962. The van der Waals surface area contributed by atoms with Crippen molar-refractivity contribution in [1.82, 2.24) is 0 Å². The van der Waals surface area contributed by atoms with Crippen LogP contribution in [0.25, 0.3) is 0 Å². The Balaban J connectivity index is 3.33. The smallest absolute Gasteiger partial charge is 0.206 e. The minimum atomic E-state index is -5.00. The van der Waals surface area contributed by atoms with Gasteiger partial charge in [0, 0.05) is 5.33 Å². The maximum atomic E-state index is 12.8. The molecule has 0 radical (unpaired) electrons. The molecule has 0 aromatic heterocycles. The molecule has 1 aromatic rings. The quantitative estimate of drug-likeness (QED) is 0.539. The second-order valence-electron chi connectivity index (χ2n) is 2.57. The summed E-state index contributed by atoms with van der Waals surface area (Å²) in [4.78, 5) is 0. The van der Waals surface area contributed by atoms with E-state index in [9.17, 15) is 22.0 Å². The third kappa shape index (κ3) is 2.23. The van der Waals surface area contributed by atoms with E-state index in [1.165, 1.54) is 0 Å². The summed E-state index contributed by atoms with van der Waals surface area (Å²) in [7, 11) is 0. The van der Waals surface area contributed by atoms with Crippen LogP contribution in [-0.2, 0) is 11.5 Å². The van der Waals surface area contributed by atoms with Crippen molar-refractivity contribution in [3.8, 4) is 0 Å². The van der Waals surface area contributed by atoms with Crippen molar-refractivity contribution in [3.05, 3.63) is 34.9 Å². The molecule has 6 heteroatoms. The van der Waals surface area contributed by atoms with Crippen LogP contribution in [0, 0.1) is 11.6 Å². The molecular weight excluding hydrogens is 271 g/mol. The summed E-state index contributed by atoms with van der Waals surface area (Å²) in [6, 6.07) is 1.31. The fourth-order valence-electron chi connectivity index (χ4n) is 0.974. The average Bonchev–Trinajstić information content (AvgIpc) is 1.99. The van der Waals surface area contributed by atoms with Gasteiger partial charge < -0.3 is 0 Å². The van der Waals surface area contributed by atoms with Gasteiger partial charge in [0.1, 0.15) is 17.2 Å². The number of hydrogen-bond donors (Lipinski definition) is 0. The van der Waals surface area contributed by atoms with Crippen molar-refractivity contribution in [2.75, 3.05) is 0 Å². The van der Waals surface area contributed by atoms with Crippen molar-refractivity contribution >= 4 is 15.9 Å². The lowest BCUT2D eigenvalue weighted by molar-refractivity contribution is -0.142. The maximum Gasteiger partial charge on any atom is 0.422 e. The lowest BCUT2D eigenvalue weighted by Gasteiger charge is -2.09. The van der Waals surface area contributed by atoms with E-state index in [4.69, 9.17) is 0 Å². The Morgan fingerprint density at radius 3 is 1.79 bits per heavy atom. The monoisotopic (exact) mass is 274 g/mol.